The summed E-state index contributed by atoms with van der Waals surface area (Å²) in [4.78, 5) is 14.6. The van der Waals surface area contributed by atoms with Gasteiger partial charge >= 0.3 is 0 Å². The van der Waals surface area contributed by atoms with Crippen LogP contribution in [-0.2, 0) is 4.79 Å². The number of rotatable bonds is 1. The topological polar surface area (TPSA) is 32.3 Å². The molecule has 0 aromatic rings. The Labute approximate surface area is 104 Å². The minimum absolute atomic E-state index is 0.363. The van der Waals surface area contributed by atoms with Crippen molar-refractivity contribution in [1.82, 2.24) is 10.2 Å². The van der Waals surface area contributed by atoms with Crippen LogP contribution in [0.1, 0.15) is 33.1 Å². The number of nitrogens with zero attached hydrogens (tertiary/aromatic N) is 1. The van der Waals surface area contributed by atoms with Gasteiger partial charge in [-0.1, -0.05) is 13.8 Å². The summed E-state index contributed by atoms with van der Waals surface area (Å²) in [6.07, 6.45) is 3.58. The first-order valence-electron chi connectivity index (χ1n) is 7.12. The Morgan fingerprint density at radius 2 is 1.76 bits per heavy atom. The lowest BCUT2D eigenvalue weighted by Crippen LogP contribution is -2.35. The molecule has 3 aliphatic rings. The average Bonchev–Trinajstić information content (AvgIpc) is 2.90. The number of hydrogen-bond acceptors (Lipinski definition) is 2. The van der Waals surface area contributed by atoms with Gasteiger partial charge in [0.05, 0.1) is 0 Å². The monoisotopic (exact) mass is 236 g/mol. The molecule has 17 heavy (non-hydrogen) atoms. The summed E-state index contributed by atoms with van der Waals surface area (Å²) in [5.41, 5.74) is 0.400. The summed E-state index contributed by atoms with van der Waals surface area (Å²) in [6.45, 7) is 8.74. The smallest absolute Gasteiger partial charge is 0.226 e. The van der Waals surface area contributed by atoms with Crippen LogP contribution in [0.4, 0.5) is 0 Å². The summed E-state index contributed by atoms with van der Waals surface area (Å²) in [5, 5.41) is 3.40. The van der Waals surface area contributed by atoms with E-state index in [1.807, 2.05) is 0 Å². The summed E-state index contributed by atoms with van der Waals surface area (Å²) in [6, 6.07) is 0. The fourth-order valence-corrected chi connectivity index (χ4v) is 3.70. The summed E-state index contributed by atoms with van der Waals surface area (Å²) >= 11 is 0. The molecule has 2 saturated heterocycles. The maximum absolute atomic E-state index is 12.5. The molecule has 1 N–H and O–H groups in total. The number of hydrogen-bond donors (Lipinski definition) is 1. The Morgan fingerprint density at radius 3 is 2.35 bits per heavy atom. The molecule has 0 aromatic heterocycles. The number of amides is 1. The van der Waals surface area contributed by atoms with Crippen LogP contribution < -0.4 is 5.32 Å². The SMILES string of the molecule is CC1CN(C(=O)C2CC23CCNCC3)CC1C. The first kappa shape index (κ1) is 11.5. The second-order valence-corrected chi connectivity index (χ2v) is 6.57. The Bertz CT molecular complexity index is 312. The van der Waals surface area contributed by atoms with Crippen molar-refractivity contribution < 1.29 is 4.79 Å². The van der Waals surface area contributed by atoms with E-state index in [0.717, 1.165) is 32.6 Å². The molecule has 3 unspecified atom stereocenters. The Hall–Kier alpha value is -0.570. The molecule has 2 heterocycles. The molecule has 0 aromatic carbocycles. The van der Waals surface area contributed by atoms with Gasteiger partial charge in [-0.15, -0.1) is 0 Å². The van der Waals surface area contributed by atoms with Gasteiger partial charge in [-0.25, -0.2) is 0 Å². The minimum Gasteiger partial charge on any atom is -0.342 e. The van der Waals surface area contributed by atoms with Crippen molar-refractivity contribution in [2.24, 2.45) is 23.2 Å². The molecule has 1 aliphatic carbocycles. The minimum atomic E-state index is 0.363. The van der Waals surface area contributed by atoms with Crippen LogP contribution in [0.25, 0.3) is 0 Å². The maximum Gasteiger partial charge on any atom is 0.226 e. The van der Waals surface area contributed by atoms with Crippen LogP contribution in [-0.4, -0.2) is 37.0 Å². The van der Waals surface area contributed by atoms with Crippen molar-refractivity contribution in [2.75, 3.05) is 26.2 Å². The highest BCUT2D eigenvalue weighted by atomic mass is 16.2. The van der Waals surface area contributed by atoms with Gasteiger partial charge in [0, 0.05) is 19.0 Å². The van der Waals surface area contributed by atoms with Crippen LogP contribution in [0, 0.1) is 23.2 Å². The molecule has 1 amide bonds. The number of carbonyl (C=O) groups is 1. The number of nitrogens with one attached hydrogen (secondary N) is 1. The van der Waals surface area contributed by atoms with Crippen LogP contribution in [0.5, 0.6) is 0 Å². The third kappa shape index (κ3) is 1.88. The lowest BCUT2D eigenvalue weighted by Gasteiger charge is -2.25. The molecule has 3 nitrogen and oxygen atoms in total. The van der Waals surface area contributed by atoms with Gasteiger partial charge in [0.25, 0.3) is 0 Å². The van der Waals surface area contributed by atoms with E-state index >= 15 is 0 Å². The summed E-state index contributed by atoms with van der Waals surface area (Å²) < 4.78 is 0. The number of carbonyl (C=O) groups excluding carboxylic acids is 1. The fourth-order valence-electron chi connectivity index (χ4n) is 3.70. The Morgan fingerprint density at radius 1 is 1.18 bits per heavy atom. The standard InChI is InChI=1S/C14H24N2O/c1-10-8-16(9-11(10)2)13(17)12-7-14(12)3-5-15-6-4-14/h10-12,15H,3-9H2,1-2H3. The first-order valence-corrected chi connectivity index (χ1v) is 7.12. The zero-order valence-electron chi connectivity index (χ0n) is 11.0. The van der Waals surface area contributed by atoms with Crippen LogP contribution in [0.2, 0.25) is 0 Å². The van der Waals surface area contributed by atoms with Gasteiger partial charge in [0.2, 0.25) is 5.91 Å². The number of piperidine rings is 1. The lowest BCUT2D eigenvalue weighted by atomic mass is 9.91. The fraction of sp³-hybridized carbons (Fsp3) is 0.929. The molecular weight excluding hydrogens is 212 g/mol. The third-order valence-electron chi connectivity index (χ3n) is 5.39. The predicted octanol–water partition coefficient (Wildman–Crippen LogP) is 1.49. The molecule has 1 saturated carbocycles. The van der Waals surface area contributed by atoms with Crippen molar-refractivity contribution in [3.8, 4) is 0 Å². The van der Waals surface area contributed by atoms with Crippen molar-refractivity contribution in [2.45, 2.75) is 33.1 Å². The predicted molar refractivity (Wildman–Crippen MR) is 67.6 cm³/mol. The van der Waals surface area contributed by atoms with E-state index in [9.17, 15) is 4.79 Å². The van der Waals surface area contributed by atoms with E-state index in [4.69, 9.17) is 0 Å². The van der Waals surface area contributed by atoms with Crippen molar-refractivity contribution in [3.05, 3.63) is 0 Å². The second kappa shape index (κ2) is 3.98. The van der Waals surface area contributed by atoms with Gasteiger partial charge in [-0.3, -0.25) is 4.79 Å². The van der Waals surface area contributed by atoms with Crippen molar-refractivity contribution in [3.63, 3.8) is 0 Å². The quantitative estimate of drug-likeness (QED) is 0.748. The van der Waals surface area contributed by atoms with Crippen LogP contribution >= 0.6 is 0 Å². The maximum atomic E-state index is 12.5. The van der Waals surface area contributed by atoms with Crippen molar-refractivity contribution >= 4 is 5.91 Å². The second-order valence-electron chi connectivity index (χ2n) is 6.57. The van der Waals surface area contributed by atoms with E-state index in [1.165, 1.54) is 12.8 Å². The normalized spacial score (nSPS) is 39.6. The number of likely N-dealkylation sites (tertiary alicyclic amines) is 1. The summed E-state index contributed by atoms with van der Waals surface area (Å²) in [5.74, 6) is 2.19. The van der Waals surface area contributed by atoms with E-state index in [2.05, 4.69) is 24.1 Å². The molecule has 2 aliphatic heterocycles. The summed E-state index contributed by atoms with van der Waals surface area (Å²) in [7, 11) is 0. The molecule has 96 valence electrons. The largest absolute Gasteiger partial charge is 0.342 e. The first-order chi connectivity index (χ1) is 8.12. The zero-order valence-corrected chi connectivity index (χ0v) is 11.0. The zero-order chi connectivity index (χ0) is 12.0. The molecule has 3 atom stereocenters. The van der Waals surface area contributed by atoms with E-state index in [-0.39, 0.29) is 0 Å². The van der Waals surface area contributed by atoms with Gasteiger partial charge in [0.1, 0.15) is 0 Å². The molecule has 3 heteroatoms. The lowest BCUT2D eigenvalue weighted by molar-refractivity contribution is -0.132. The van der Waals surface area contributed by atoms with E-state index in [0.29, 0.717) is 29.1 Å². The Kier molecular flexibility index (Phi) is 2.69. The highest BCUT2D eigenvalue weighted by Crippen LogP contribution is 2.59. The average molecular weight is 236 g/mol. The van der Waals surface area contributed by atoms with Gasteiger partial charge in [0.15, 0.2) is 0 Å². The van der Waals surface area contributed by atoms with Gasteiger partial charge < -0.3 is 10.2 Å². The van der Waals surface area contributed by atoms with Crippen LogP contribution in [0.15, 0.2) is 0 Å². The van der Waals surface area contributed by atoms with E-state index in [1.54, 1.807) is 0 Å². The Balaban J connectivity index is 1.61. The third-order valence-corrected chi connectivity index (χ3v) is 5.39. The van der Waals surface area contributed by atoms with Gasteiger partial charge in [-0.2, -0.15) is 0 Å². The molecular formula is C14H24N2O. The molecule has 3 fully saturated rings. The molecule has 1 spiro atoms. The van der Waals surface area contributed by atoms with E-state index < -0.39 is 0 Å². The van der Waals surface area contributed by atoms with Gasteiger partial charge in [-0.05, 0) is 49.6 Å². The molecule has 3 rings (SSSR count). The highest BCUT2D eigenvalue weighted by molar-refractivity contribution is 5.83. The van der Waals surface area contributed by atoms with Crippen LogP contribution in [0.3, 0.4) is 0 Å². The molecule has 0 bridgehead atoms. The molecule has 0 radical (unpaired) electrons. The van der Waals surface area contributed by atoms with Crippen molar-refractivity contribution in [1.29, 1.82) is 0 Å². The highest BCUT2D eigenvalue weighted by Gasteiger charge is 2.58.